The van der Waals surface area contributed by atoms with Crippen LogP contribution in [0.3, 0.4) is 0 Å². The Morgan fingerprint density at radius 3 is 2.54 bits per heavy atom. The molecule has 1 aliphatic heterocycles. The summed E-state index contributed by atoms with van der Waals surface area (Å²) in [5.41, 5.74) is 1.14. The summed E-state index contributed by atoms with van der Waals surface area (Å²) in [5.74, 6) is -0.350. The molecule has 214 valence electrons. The Kier molecular flexibility index (Phi) is 6.35. The van der Waals surface area contributed by atoms with Crippen molar-refractivity contribution in [3.05, 3.63) is 11.6 Å². The summed E-state index contributed by atoms with van der Waals surface area (Å²) in [6.07, 6.45) is 1.83. The zero-order valence-corrected chi connectivity index (χ0v) is 23.3. The van der Waals surface area contributed by atoms with E-state index in [1.807, 2.05) is 0 Å². The number of carboxylic acid groups (broad SMARTS) is 1. The highest BCUT2D eigenvalue weighted by Gasteiger charge is 2.60. The third-order valence-corrected chi connectivity index (χ3v) is 10.2. The smallest absolute Gasteiger partial charge is 0.339 e. The van der Waals surface area contributed by atoms with Crippen LogP contribution in [0.5, 0.6) is 0 Å². The number of rotatable bonds is 8. The maximum absolute atomic E-state index is 11.9. The summed E-state index contributed by atoms with van der Waals surface area (Å²) in [5, 5.41) is 33.7. The predicted octanol–water partition coefficient (Wildman–Crippen LogP) is 2.55. The Labute approximate surface area is 229 Å². The highest BCUT2D eigenvalue weighted by atomic mass is 35.5. The number of ether oxygens (including phenoxy) is 1. The SMILES string of the molecule is C[C@]12C[C@@H]3C[C@](C)(C1)C[C@@](Nc1nc(Cl)nc4c1ncn4C1OC(COP(=O)(O)CC(=O)O)C(O)C1O)(C3)C2. The van der Waals surface area contributed by atoms with Crippen LogP contribution in [0.25, 0.3) is 11.2 Å². The van der Waals surface area contributed by atoms with E-state index < -0.39 is 50.9 Å². The number of aromatic nitrogens is 4. The second-order valence-electron chi connectivity index (χ2n) is 12.7. The van der Waals surface area contributed by atoms with Gasteiger partial charge in [-0.1, -0.05) is 13.8 Å². The van der Waals surface area contributed by atoms with Gasteiger partial charge in [-0.05, 0) is 66.9 Å². The van der Waals surface area contributed by atoms with Crippen molar-refractivity contribution in [2.45, 2.75) is 82.5 Å². The normalized spacial score (nSPS) is 40.7. The molecule has 4 saturated carbocycles. The van der Waals surface area contributed by atoms with Gasteiger partial charge >= 0.3 is 13.6 Å². The number of aliphatic hydroxyl groups excluding tert-OH is 2. The zero-order valence-electron chi connectivity index (χ0n) is 21.7. The Hall–Kier alpha value is -1.86. The Morgan fingerprint density at radius 1 is 1.21 bits per heavy atom. The lowest BCUT2D eigenvalue weighted by Gasteiger charge is -2.65. The Balaban J connectivity index is 1.26. The van der Waals surface area contributed by atoms with Crippen molar-refractivity contribution in [1.29, 1.82) is 0 Å². The van der Waals surface area contributed by atoms with Gasteiger partial charge in [0.2, 0.25) is 5.28 Å². The number of fused-ring (bicyclic) bond motifs is 1. The van der Waals surface area contributed by atoms with Crippen LogP contribution in [-0.2, 0) is 18.6 Å². The second-order valence-corrected chi connectivity index (χ2v) is 14.9. The molecule has 1 saturated heterocycles. The molecule has 2 aromatic heterocycles. The van der Waals surface area contributed by atoms with Gasteiger partial charge < -0.3 is 34.8 Å². The molecule has 13 nitrogen and oxygen atoms in total. The van der Waals surface area contributed by atoms with E-state index in [-0.39, 0.29) is 27.3 Å². The quantitative estimate of drug-likeness (QED) is 0.225. The molecule has 5 aliphatic rings. The summed E-state index contributed by atoms with van der Waals surface area (Å²) in [7, 11) is -4.46. The van der Waals surface area contributed by atoms with E-state index in [4.69, 9.17) is 26.0 Å². The molecule has 0 radical (unpaired) electrons. The fourth-order valence-corrected chi connectivity index (χ4v) is 9.48. The molecule has 5 N–H and O–H groups in total. The van der Waals surface area contributed by atoms with Gasteiger partial charge in [-0.25, -0.2) is 4.98 Å². The van der Waals surface area contributed by atoms with E-state index in [1.165, 1.54) is 30.2 Å². The van der Waals surface area contributed by atoms with Gasteiger partial charge in [0.05, 0.1) is 12.9 Å². The third-order valence-electron chi connectivity index (χ3n) is 8.79. The molecule has 5 unspecified atom stereocenters. The van der Waals surface area contributed by atoms with Gasteiger partial charge in [0.25, 0.3) is 0 Å². The maximum Gasteiger partial charge on any atom is 0.339 e. The molecule has 39 heavy (non-hydrogen) atoms. The van der Waals surface area contributed by atoms with Crippen LogP contribution in [0.4, 0.5) is 5.82 Å². The first kappa shape index (κ1) is 27.3. The van der Waals surface area contributed by atoms with Crippen LogP contribution < -0.4 is 5.32 Å². The van der Waals surface area contributed by atoms with E-state index >= 15 is 0 Å². The minimum absolute atomic E-state index is 0.0169. The molecule has 9 atom stereocenters. The van der Waals surface area contributed by atoms with Gasteiger partial charge in [0.1, 0.15) is 24.5 Å². The van der Waals surface area contributed by atoms with Crippen molar-refractivity contribution in [1.82, 2.24) is 19.5 Å². The molecule has 3 heterocycles. The molecule has 7 rings (SSSR count). The number of hydrogen-bond donors (Lipinski definition) is 5. The van der Waals surface area contributed by atoms with Crippen molar-refractivity contribution < 1.29 is 38.8 Å². The molecule has 4 aliphatic carbocycles. The van der Waals surface area contributed by atoms with Gasteiger partial charge in [-0.15, -0.1) is 0 Å². The van der Waals surface area contributed by atoms with Crippen molar-refractivity contribution in [2.75, 3.05) is 18.1 Å². The van der Waals surface area contributed by atoms with Crippen LogP contribution >= 0.6 is 19.2 Å². The molecule has 5 fully saturated rings. The van der Waals surface area contributed by atoms with Crippen LogP contribution in [0.15, 0.2) is 6.33 Å². The summed E-state index contributed by atoms with van der Waals surface area (Å²) in [4.78, 5) is 33.8. The fraction of sp³-hybridized carbons (Fsp3) is 0.750. The lowest BCUT2D eigenvalue weighted by Crippen LogP contribution is -2.61. The van der Waals surface area contributed by atoms with Crippen molar-refractivity contribution in [2.24, 2.45) is 16.7 Å². The summed E-state index contributed by atoms with van der Waals surface area (Å²) in [6.45, 7) is 4.16. The number of halogens is 1. The lowest BCUT2D eigenvalue weighted by atomic mass is 9.43. The average Bonchev–Trinajstić information content (AvgIpc) is 3.30. The first-order valence-electron chi connectivity index (χ1n) is 13.1. The summed E-state index contributed by atoms with van der Waals surface area (Å²) in [6, 6.07) is 0. The van der Waals surface area contributed by atoms with Crippen molar-refractivity contribution >= 4 is 42.1 Å². The predicted molar refractivity (Wildman–Crippen MR) is 138 cm³/mol. The molecule has 15 heteroatoms. The van der Waals surface area contributed by atoms with Crippen molar-refractivity contribution in [3.63, 3.8) is 0 Å². The van der Waals surface area contributed by atoms with E-state index in [9.17, 15) is 24.5 Å². The average molecular weight is 586 g/mol. The molecular weight excluding hydrogens is 553 g/mol. The molecular formula is C24H33ClN5O8P. The number of aliphatic carboxylic acids is 1. The minimum Gasteiger partial charge on any atom is -0.481 e. The minimum atomic E-state index is -4.46. The maximum atomic E-state index is 11.9. The highest BCUT2D eigenvalue weighted by Crippen LogP contribution is 2.67. The Bertz CT molecular complexity index is 1360. The molecule has 0 spiro atoms. The Morgan fingerprint density at radius 2 is 1.90 bits per heavy atom. The van der Waals surface area contributed by atoms with Crippen LogP contribution in [0, 0.1) is 16.7 Å². The zero-order chi connectivity index (χ0) is 28.0. The van der Waals surface area contributed by atoms with Crippen LogP contribution in [0.1, 0.15) is 58.6 Å². The van der Waals surface area contributed by atoms with E-state index in [1.54, 1.807) is 0 Å². The van der Waals surface area contributed by atoms with E-state index in [0.29, 0.717) is 17.3 Å². The highest BCUT2D eigenvalue weighted by molar-refractivity contribution is 7.53. The van der Waals surface area contributed by atoms with E-state index in [0.717, 1.165) is 19.3 Å². The van der Waals surface area contributed by atoms with E-state index in [2.05, 4.69) is 34.1 Å². The number of nitrogens with one attached hydrogen (secondary N) is 1. The van der Waals surface area contributed by atoms with Crippen LogP contribution in [0.2, 0.25) is 5.28 Å². The number of carboxylic acids is 1. The number of imidazole rings is 1. The standard InChI is InChI=1S/C24H33ClN5O8P/c1-22-3-12-4-23(2,8-22)10-24(5-12,9-22)29-18-15-19(28-21(25)27-18)30(11-26-15)20-17(34)16(33)13(38-20)6-37-39(35,36)7-14(31)32/h11-13,16-17,20,33-34H,3-10H2,1-2H3,(H,31,32)(H,35,36)(H,27,28,29)/t12-,13?,16?,17?,20?,22+,23-,24-. The molecule has 0 aromatic carbocycles. The topological polar surface area (TPSA) is 189 Å². The molecule has 2 aromatic rings. The van der Waals surface area contributed by atoms with Crippen LogP contribution in [-0.4, -0.2) is 82.3 Å². The first-order valence-corrected chi connectivity index (χ1v) is 15.2. The second kappa shape index (κ2) is 9.07. The monoisotopic (exact) mass is 585 g/mol. The number of anilines is 1. The van der Waals surface area contributed by atoms with Gasteiger partial charge in [-0.3, -0.25) is 13.9 Å². The number of hydrogen-bond acceptors (Lipinski definition) is 10. The largest absolute Gasteiger partial charge is 0.481 e. The van der Waals surface area contributed by atoms with Gasteiger partial charge in [0.15, 0.2) is 23.2 Å². The summed E-state index contributed by atoms with van der Waals surface area (Å²) < 4.78 is 24.0. The third kappa shape index (κ3) is 4.96. The summed E-state index contributed by atoms with van der Waals surface area (Å²) >= 11 is 6.35. The molecule has 0 amide bonds. The van der Waals surface area contributed by atoms with Gasteiger partial charge in [-0.2, -0.15) is 9.97 Å². The number of aliphatic hydroxyl groups is 2. The molecule has 4 bridgehead atoms. The lowest BCUT2D eigenvalue weighted by molar-refractivity contribution is -0.134. The number of carbonyl (C=O) groups is 1. The first-order chi connectivity index (χ1) is 18.2. The van der Waals surface area contributed by atoms with Crippen molar-refractivity contribution in [3.8, 4) is 0 Å². The number of nitrogens with zero attached hydrogens (tertiary/aromatic N) is 4. The van der Waals surface area contributed by atoms with Gasteiger partial charge in [0, 0.05) is 5.54 Å². The fourth-order valence-electron chi connectivity index (χ4n) is 8.50.